The fourth-order valence-electron chi connectivity index (χ4n) is 3.27. The van der Waals surface area contributed by atoms with Crippen molar-refractivity contribution in [3.05, 3.63) is 53.1 Å². The summed E-state index contributed by atoms with van der Waals surface area (Å²) in [5.74, 6) is 0.144. The maximum Gasteiger partial charge on any atom is 0.255 e. The third kappa shape index (κ3) is 4.60. The Hall–Kier alpha value is -2.42. The molecule has 156 valence electrons. The summed E-state index contributed by atoms with van der Waals surface area (Å²) >= 11 is 0. The Balaban J connectivity index is 1.94. The highest BCUT2D eigenvalue weighted by molar-refractivity contribution is 7.89. The molecule has 0 atom stereocenters. The van der Waals surface area contributed by atoms with Crippen molar-refractivity contribution in [3.8, 4) is 5.75 Å². The molecule has 1 heterocycles. The summed E-state index contributed by atoms with van der Waals surface area (Å²) in [7, 11) is -2.17. The van der Waals surface area contributed by atoms with Gasteiger partial charge in [-0.3, -0.25) is 4.79 Å². The number of methoxy groups -OCH3 is 1. The second-order valence-corrected chi connectivity index (χ2v) is 8.76. The van der Waals surface area contributed by atoms with Crippen molar-refractivity contribution in [1.29, 1.82) is 0 Å². The maximum atomic E-state index is 13.2. The fraction of sp³-hybridized carbons (Fsp3) is 0.381. The van der Waals surface area contributed by atoms with E-state index in [4.69, 9.17) is 9.47 Å². The number of aryl methyl sites for hydroxylation is 2. The van der Waals surface area contributed by atoms with Crippen LogP contribution in [-0.4, -0.2) is 52.0 Å². The molecule has 1 saturated heterocycles. The second-order valence-electron chi connectivity index (χ2n) is 6.85. The van der Waals surface area contributed by atoms with Gasteiger partial charge in [-0.25, -0.2) is 8.42 Å². The Labute approximate surface area is 171 Å². The van der Waals surface area contributed by atoms with Crippen molar-refractivity contribution < 1.29 is 22.7 Å². The van der Waals surface area contributed by atoms with Crippen molar-refractivity contribution in [3.63, 3.8) is 0 Å². The first kappa shape index (κ1) is 21.3. The van der Waals surface area contributed by atoms with Gasteiger partial charge in [0, 0.05) is 18.7 Å². The summed E-state index contributed by atoms with van der Waals surface area (Å²) < 4.78 is 38.3. The highest BCUT2D eigenvalue weighted by Gasteiger charge is 2.29. The lowest BCUT2D eigenvalue weighted by atomic mass is 10.1. The number of amides is 1. The summed E-state index contributed by atoms with van der Waals surface area (Å²) in [5.41, 5.74) is 2.46. The summed E-state index contributed by atoms with van der Waals surface area (Å²) in [4.78, 5) is 13.0. The average molecular weight is 419 g/mol. The van der Waals surface area contributed by atoms with Gasteiger partial charge in [0.15, 0.2) is 0 Å². The molecule has 1 fully saturated rings. The second kappa shape index (κ2) is 8.94. The molecular weight excluding hydrogens is 392 g/mol. The number of nitrogens with one attached hydrogen (secondary N) is 1. The smallest absolute Gasteiger partial charge is 0.255 e. The number of carbonyl (C=O) groups excluding carboxylic acids is 1. The standard InChI is InChI=1S/C21H26N2O5S/c1-4-16-6-7-17(14-20(16)29(25,26)23-9-11-28-12-10-23)21(24)22-18-13-15(2)5-8-19(18)27-3/h5-8,13-14H,4,9-12H2,1-3H3,(H,22,24). The molecule has 0 saturated carbocycles. The van der Waals surface area contributed by atoms with Crippen LogP contribution in [0.25, 0.3) is 0 Å². The van der Waals surface area contributed by atoms with Crippen molar-refractivity contribution in [2.24, 2.45) is 0 Å². The van der Waals surface area contributed by atoms with Gasteiger partial charge < -0.3 is 14.8 Å². The van der Waals surface area contributed by atoms with Crippen molar-refractivity contribution >= 4 is 21.6 Å². The van der Waals surface area contributed by atoms with Crippen LogP contribution in [0.4, 0.5) is 5.69 Å². The molecule has 2 aromatic rings. The molecule has 0 unspecified atom stereocenters. The summed E-state index contributed by atoms with van der Waals surface area (Å²) in [6, 6.07) is 10.3. The predicted molar refractivity (Wildman–Crippen MR) is 111 cm³/mol. The highest BCUT2D eigenvalue weighted by Crippen LogP contribution is 2.27. The van der Waals surface area contributed by atoms with Gasteiger partial charge in [0.1, 0.15) is 5.75 Å². The molecule has 0 radical (unpaired) electrons. The quantitative estimate of drug-likeness (QED) is 0.780. The van der Waals surface area contributed by atoms with Crippen LogP contribution in [0.5, 0.6) is 5.75 Å². The molecule has 1 aliphatic heterocycles. The van der Waals surface area contributed by atoms with Gasteiger partial charge in [-0.15, -0.1) is 0 Å². The Kier molecular flexibility index (Phi) is 6.56. The van der Waals surface area contributed by atoms with Crippen LogP contribution in [0.2, 0.25) is 0 Å². The maximum absolute atomic E-state index is 13.2. The van der Waals surface area contributed by atoms with Gasteiger partial charge >= 0.3 is 0 Å². The van der Waals surface area contributed by atoms with Crippen LogP contribution in [0, 0.1) is 6.92 Å². The lowest BCUT2D eigenvalue weighted by Crippen LogP contribution is -2.41. The van der Waals surface area contributed by atoms with Crippen LogP contribution in [0.15, 0.2) is 41.3 Å². The number of carbonyl (C=O) groups is 1. The third-order valence-corrected chi connectivity index (χ3v) is 6.88. The van der Waals surface area contributed by atoms with E-state index in [1.54, 1.807) is 18.2 Å². The Bertz CT molecular complexity index is 998. The average Bonchev–Trinajstić information content (AvgIpc) is 2.74. The van der Waals surface area contributed by atoms with Gasteiger partial charge in [-0.05, 0) is 48.7 Å². The zero-order valence-electron chi connectivity index (χ0n) is 16.9. The molecular formula is C21H26N2O5S. The molecule has 0 aliphatic carbocycles. The van der Waals surface area contributed by atoms with Gasteiger partial charge in [0.25, 0.3) is 5.91 Å². The van der Waals surface area contributed by atoms with Crippen molar-refractivity contribution in [1.82, 2.24) is 4.31 Å². The fourth-order valence-corrected chi connectivity index (χ4v) is 5.00. The van der Waals surface area contributed by atoms with Gasteiger partial charge in [0.05, 0.1) is 30.9 Å². The molecule has 1 amide bonds. The van der Waals surface area contributed by atoms with E-state index >= 15 is 0 Å². The molecule has 0 spiro atoms. The predicted octanol–water partition coefficient (Wildman–Crippen LogP) is 2.84. The SMILES string of the molecule is CCc1ccc(C(=O)Nc2cc(C)ccc2OC)cc1S(=O)(=O)N1CCOCC1. The van der Waals surface area contributed by atoms with E-state index < -0.39 is 15.9 Å². The number of hydrogen-bond acceptors (Lipinski definition) is 5. The van der Waals surface area contributed by atoms with Gasteiger partial charge in [-0.1, -0.05) is 19.1 Å². The van der Waals surface area contributed by atoms with E-state index in [2.05, 4.69) is 5.32 Å². The molecule has 1 aliphatic rings. The minimum Gasteiger partial charge on any atom is -0.495 e. The number of nitrogens with zero attached hydrogens (tertiary/aromatic N) is 1. The first-order valence-electron chi connectivity index (χ1n) is 9.53. The van der Waals surface area contributed by atoms with Crippen LogP contribution in [0.3, 0.4) is 0 Å². The summed E-state index contributed by atoms with van der Waals surface area (Å²) in [6.07, 6.45) is 0.548. The van der Waals surface area contributed by atoms with Gasteiger partial charge in [-0.2, -0.15) is 4.31 Å². The molecule has 8 heteroatoms. The van der Waals surface area contributed by atoms with Crippen molar-refractivity contribution in [2.75, 3.05) is 38.7 Å². The number of morpholine rings is 1. The summed E-state index contributed by atoms with van der Waals surface area (Å²) in [6.45, 7) is 5.16. The number of sulfonamides is 1. The first-order valence-corrected chi connectivity index (χ1v) is 11.0. The zero-order valence-corrected chi connectivity index (χ0v) is 17.7. The lowest BCUT2D eigenvalue weighted by molar-refractivity contribution is 0.0730. The highest BCUT2D eigenvalue weighted by atomic mass is 32.2. The first-order chi connectivity index (χ1) is 13.9. The van der Waals surface area contributed by atoms with Crippen LogP contribution >= 0.6 is 0 Å². The van der Waals surface area contributed by atoms with Crippen LogP contribution < -0.4 is 10.1 Å². The van der Waals surface area contributed by atoms with Gasteiger partial charge in [0.2, 0.25) is 10.0 Å². The van der Waals surface area contributed by atoms with E-state index in [-0.39, 0.29) is 10.5 Å². The number of ether oxygens (including phenoxy) is 2. The topological polar surface area (TPSA) is 84.9 Å². The van der Waals surface area contributed by atoms with E-state index in [1.807, 2.05) is 26.0 Å². The lowest BCUT2D eigenvalue weighted by Gasteiger charge is -2.27. The normalized spacial score (nSPS) is 15.1. The number of hydrogen-bond donors (Lipinski definition) is 1. The minimum atomic E-state index is -3.70. The molecule has 3 rings (SSSR count). The summed E-state index contributed by atoms with van der Waals surface area (Å²) in [5, 5.41) is 2.82. The molecule has 29 heavy (non-hydrogen) atoms. The monoisotopic (exact) mass is 418 g/mol. The molecule has 7 nitrogen and oxygen atoms in total. The van der Waals surface area contributed by atoms with E-state index in [0.717, 1.165) is 5.56 Å². The van der Waals surface area contributed by atoms with E-state index in [1.165, 1.54) is 17.5 Å². The van der Waals surface area contributed by atoms with E-state index in [0.29, 0.717) is 49.7 Å². The number of rotatable bonds is 6. The third-order valence-electron chi connectivity index (χ3n) is 4.90. The molecule has 1 N–H and O–H groups in total. The number of anilines is 1. The largest absolute Gasteiger partial charge is 0.495 e. The Morgan fingerprint density at radius 2 is 1.90 bits per heavy atom. The minimum absolute atomic E-state index is 0.172. The number of benzene rings is 2. The Morgan fingerprint density at radius 1 is 1.17 bits per heavy atom. The van der Waals surface area contributed by atoms with Crippen molar-refractivity contribution in [2.45, 2.75) is 25.2 Å². The Morgan fingerprint density at radius 3 is 2.55 bits per heavy atom. The van der Waals surface area contributed by atoms with E-state index in [9.17, 15) is 13.2 Å². The molecule has 0 aromatic heterocycles. The molecule has 2 aromatic carbocycles. The van der Waals surface area contributed by atoms with Crippen LogP contribution in [0.1, 0.15) is 28.4 Å². The molecule has 0 bridgehead atoms. The zero-order chi connectivity index (χ0) is 21.0. The van der Waals surface area contributed by atoms with Crippen LogP contribution in [-0.2, 0) is 21.2 Å².